The minimum atomic E-state index is -0.376. The van der Waals surface area contributed by atoms with Crippen LogP contribution in [0.4, 0.5) is 0 Å². The van der Waals surface area contributed by atoms with Crippen LogP contribution in [0.1, 0.15) is 15.2 Å². The molecule has 0 spiro atoms. The van der Waals surface area contributed by atoms with Crippen molar-refractivity contribution < 1.29 is 4.79 Å². The number of hydrogen-bond donors (Lipinski definition) is 2. The van der Waals surface area contributed by atoms with Crippen molar-refractivity contribution in [3.63, 3.8) is 0 Å². The lowest BCUT2D eigenvalue weighted by molar-refractivity contribution is 0.104. The van der Waals surface area contributed by atoms with E-state index in [9.17, 15) is 9.59 Å². The van der Waals surface area contributed by atoms with Crippen LogP contribution >= 0.6 is 11.3 Å². The van der Waals surface area contributed by atoms with Gasteiger partial charge in [0.2, 0.25) is 5.78 Å². The van der Waals surface area contributed by atoms with E-state index in [1.165, 1.54) is 17.5 Å². The van der Waals surface area contributed by atoms with Crippen molar-refractivity contribution in [2.24, 2.45) is 0 Å². The zero-order chi connectivity index (χ0) is 9.26. The molecule has 0 amide bonds. The first-order valence-electron chi connectivity index (χ1n) is 3.63. The van der Waals surface area contributed by atoms with E-state index in [1.54, 1.807) is 17.5 Å². The van der Waals surface area contributed by atoms with Gasteiger partial charge in [-0.05, 0) is 11.4 Å². The molecule has 2 heterocycles. The fraction of sp³-hybridized carbons (Fsp3) is 0. The smallest absolute Gasteiger partial charge is 0.275 e. The summed E-state index contributed by atoms with van der Waals surface area (Å²) < 4.78 is 0. The first kappa shape index (κ1) is 8.00. The molecular formula is C8H6N2O2S. The molecule has 0 fully saturated rings. The monoisotopic (exact) mass is 194 g/mol. The van der Waals surface area contributed by atoms with E-state index in [4.69, 9.17) is 0 Å². The number of aromatic amines is 2. The second-order valence-electron chi connectivity index (χ2n) is 2.46. The van der Waals surface area contributed by atoms with Crippen molar-refractivity contribution in [3.8, 4) is 0 Å². The maximum atomic E-state index is 11.6. The quantitative estimate of drug-likeness (QED) is 0.700. The molecule has 5 heteroatoms. The predicted molar refractivity (Wildman–Crippen MR) is 49.2 cm³/mol. The summed E-state index contributed by atoms with van der Waals surface area (Å²) in [6.45, 7) is 0. The van der Waals surface area contributed by atoms with Gasteiger partial charge in [-0.3, -0.25) is 14.7 Å². The molecule has 0 aliphatic heterocycles. The normalized spacial score (nSPS) is 10.2. The molecule has 0 saturated carbocycles. The van der Waals surface area contributed by atoms with Crippen LogP contribution in [0.2, 0.25) is 0 Å². The van der Waals surface area contributed by atoms with Crippen molar-refractivity contribution in [2.75, 3.05) is 0 Å². The average Bonchev–Trinajstić information content (AvgIpc) is 2.72. The highest BCUT2D eigenvalue weighted by atomic mass is 32.1. The first-order chi connectivity index (χ1) is 6.29. The van der Waals surface area contributed by atoms with Gasteiger partial charge in [0.1, 0.15) is 5.56 Å². The van der Waals surface area contributed by atoms with Crippen molar-refractivity contribution in [1.29, 1.82) is 0 Å². The van der Waals surface area contributed by atoms with Gasteiger partial charge in [0, 0.05) is 6.20 Å². The number of thiophene rings is 1. The summed E-state index contributed by atoms with van der Waals surface area (Å²) in [4.78, 5) is 23.2. The summed E-state index contributed by atoms with van der Waals surface area (Å²) in [6, 6.07) is 3.47. The number of H-pyrrole nitrogens is 2. The Morgan fingerprint density at radius 1 is 1.46 bits per heavy atom. The molecule has 0 atom stereocenters. The minimum Gasteiger partial charge on any atom is -0.305 e. The Labute approximate surface area is 77.2 Å². The Morgan fingerprint density at radius 2 is 2.31 bits per heavy atom. The topological polar surface area (TPSA) is 65.7 Å². The van der Waals surface area contributed by atoms with Crippen LogP contribution in [0, 0.1) is 0 Å². The highest BCUT2D eigenvalue weighted by Crippen LogP contribution is 2.11. The molecule has 0 aliphatic carbocycles. The lowest BCUT2D eigenvalue weighted by atomic mass is 10.2. The maximum absolute atomic E-state index is 11.6. The molecular weight excluding hydrogens is 188 g/mol. The van der Waals surface area contributed by atoms with Crippen molar-refractivity contribution in [2.45, 2.75) is 0 Å². The van der Waals surface area contributed by atoms with Crippen LogP contribution in [0.25, 0.3) is 0 Å². The predicted octanol–water partition coefficient (Wildman–Crippen LogP) is 0.995. The fourth-order valence-electron chi connectivity index (χ4n) is 1.02. The summed E-state index contributed by atoms with van der Waals surface area (Å²) in [5, 5.41) is 6.60. The zero-order valence-electron chi connectivity index (χ0n) is 6.53. The summed E-state index contributed by atoms with van der Waals surface area (Å²) >= 11 is 1.32. The number of hydrogen-bond acceptors (Lipinski definition) is 3. The number of ketones is 1. The highest BCUT2D eigenvalue weighted by molar-refractivity contribution is 7.12. The van der Waals surface area contributed by atoms with E-state index in [0.29, 0.717) is 4.88 Å². The molecule has 0 radical (unpaired) electrons. The Bertz CT molecular complexity index is 466. The second-order valence-corrected chi connectivity index (χ2v) is 3.41. The van der Waals surface area contributed by atoms with Gasteiger partial charge in [0.15, 0.2) is 0 Å². The third-order valence-electron chi connectivity index (χ3n) is 1.64. The van der Waals surface area contributed by atoms with E-state index in [2.05, 4.69) is 10.2 Å². The van der Waals surface area contributed by atoms with E-state index in [-0.39, 0.29) is 16.9 Å². The second kappa shape index (κ2) is 3.02. The van der Waals surface area contributed by atoms with E-state index in [1.807, 2.05) is 0 Å². The number of rotatable bonds is 2. The lowest BCUT2D eigenvalue weighted by Gasteiger charge is -1.88. The van der Waals surface area contributed by atoms with Crippen LogP contribution in [-0.4, -0.2) is 16.0 Å². The Kier molecular flexibility index (Phi) is 1.86. The first-order valence-corrected chi connectivity index (χ1v) is 4.51. The van der Waals surface area contributed by atoms with Gasteiger partial charge in [-0.1, -0.05) is 6.07 Å². The molecule has 2 aromatic heterocycles. The van der Waals surface area contributed by atoms with E-state index in [0.717, 1.165) is 0 Å². The molecule has 2 N–H and O–H groups in total. The third kappa shape index (κ3) is 1.33. The third-order valence-corrected chi connectivity index (χ3v) is 2.51. The molecule has 2 aromatic rings. The average molecular weight is 194 g/mol. The number of carbonyl (C=O) groups excluding carboxylic acids is 1. The molecule has 66 valence electrons. The van der Waals surface area contributed by atoms with Gasteiger partial charge in [-0.25, -0.2) is 0 Å². The molecule has 13 heavy (non-hydrogen) atoms. The minimum absolute atomic E-state index is 0.155. The fourth-order valence-corrected chi connectivity index (χ4v) is 1.69. The SMILES string of the molecule is O=C(c1cccs1)c1c[nH][nH]c1=O. The summed E-state index contributed by atoms with van der Waals surface area (Å²) in [5.41, 5.74) is -0.221. The number of nitrogens with one attached hydrogen (secondary N) is 2. The van der Waals surface area contributed by atoms with Gasteiger partial charge in [0.25, 0.3) is 5.56 Å². The molecule has 2 rings (SSSR count). The standard InChI is InChI=1S/C8H6N2O2S/c11-7(6-2-1-3-13-6)5-4-9-10-8(5)12/h1-4H,(H2,9,10,12). The molecule has 0 unspecified atom stereocenters. The van der Waals surface area contributed by atoms with Gasteiger partial charge in [-0.2, -0.15) is 0 Å². The summed E-state index contributed by atoms with van der Waals surface area (Å²) in [6.07, 6.45) is 1.38. The maximum Gasteiger partial charge on any atom is 0.275 e. The largest absolute Gasteiger partial charge is 0.305 e. The highest BCUT2D eigenvalue weighted by Gasteiger charge is 2.13. The Morgan fingerprint density at radius 3 is 2.85 bits per heavy atom. The van der Waals surface area contributed by atoms with E-state index >= 15 is 0 Å². The summed E-state index contributed by atoms with van der Waals surface area (Å²) in [5.74, 6) is -0.238. The number of aromatic nitrogens is 2. The Balaban J connectivity index is 2.45. The number of carbonyl (C=O) groups is 1. The van der Waals surface area contributed by atoms with Gasteiger partial charge < -0.3 is 5.10 Å². The van der Waals surface area contributed by atoms with Gasteiger partial charge >= 0.3 is 0 Å². The van der Waals surface area contributed by atoms with Crippen molar-refractivity contribution in [3.05, 3.63) is 44.5 Å². The van der Waals surface area contributed by atoms with Gasteiger partial charge in [0.05, 0.1) is 4.88 Å². The molecule has 0 aromatic carbocycles. The molecule has 4 nitrogen and oxygen atoms in total. The van der Waals surface area contributed by atoms with E-state index < -0.39 is 0 Å². The van der Waals surface area contributed by atoms with Crippen molar-refractivity contribution >= 4 is 17.1 Å². The van der Waals surface area contributed by atoms with Gasteiger partial charge in [-0.15, -0.1) is 11.3 Å². The van der Waals surface area contributed by atoms with Crippen LogP contribution in [0.5, 0.6) is 0 Å². The van der Waals surface area contributed by atoms with Crippen molar-refractivity contribution in [1.82, 2.24) is 10.2 Å². The van der Waals surface area contributed by atoms with Crippen LogP contribution in [0.15, 0.2) is 28.5 Å². The van der Waals surface area contributed by atoms with Crippen LogP contribution in [-0.2, 0) is 0 Å². The lowest BCUT2D eigenvalue weighted by Crippen LogP contribution is -2.11. The Hall–Kier alpha value is -1.62. The van der Waals surface area contributed by atoms with Crippen LogP contribution < -0.4 is 5.56 Å². The summed E-state index contributed by atoms with van der Waals surface area (Å²) in [7, 11) is 0. The molecule has 0 aliphatic rings. The molecule has 0 saturated heterocycles. The van der Waals surface area contributed by atoms with Crippen LogP contribution in [0.3, 0.4) is 0 Å². The molecule has 0 bridgehead atoms. The zero-order valence-corrected chi connectivity index (χ0v) is 7.35.